The van der Waals surface area contributed by atoms with E-state index in [1.165, 1.54) is 18.2 Å². The topological polar surface area (TPSA) is 92.1 Å². The molecule has 182 valence electrons. The Balaban J connectivity index is 2.03. The average molecular weight is 493 g/mol. The van der Waals surface area contributed by atoms with Crippen LogP contribution in [0.4, 0.5) is 24.5 Å². The summed E-state index contributed by atoms with van der Waals surface area (Å²) in [7, 11) is 1.57. The number of halogens is 4. The third kappa shape index (κ3) is 8.69. The fourth-order valence-corrected chi connectivity index (χ4v) is 2.89. The third-order valence-electron chi connectivity index (χ3n) is 4.23. The summed E-state index contributed by atoms with van der Waals surface area (Å²) in [6.07, 6.45) is -4.54. The van der Waals surface area contributed by atoms with Gasteiger partial charge in [0.05, 0.1) is 48.5 Å². The average Bonchev–Trinajstić information content (AvgIpc) is 2.73. The second kappa shape index (κ2) is 12.6. The summed E-state index contributed by atoms with van der Waals surface area (Å²) in [6, 6.07) is 6.31. The van der Waals surface area contributed by atoms with Gasteiger partial charge in [0.25, 0.3) is 5.69 Å². The lowest BCUT2D eigenvalue weighted by Crippen LogP contribution is -2.23. The predicted molar refractivity (Wildman–Crippen MR) is 116 cm³/mol. The van der Waals surface area contributed by atoms with Crippen LogP contribution >= 0.6 is 11.6 Å². The van der Waals surface area contributed by atoms with Gasteiger partial charge >= 0.3 is 6.18 Å². The number of rotatable bonds is 13. The van der Waals surface area contributed by atoms with Gasteiger partial charge < -0.3 is 24.3 Å². The smallest absolute Gasteiger partial charge is 0.416 e. The van der Waals surface area contributed by atoms with Crippen molar-refractivity contribution in [2.45, 2.75) is 19.1 Å². The van der Waals surface area contributed by atoms with Crippen molar-refractivity contribution in [3.05, 3.63) is 57.1 Å². The Labute approximate surface area is 193 Å². The molecule has 0 saturated carbocycles. The molecule has 1 unspecified atom stereocenters. The van der Waals surface area contributed by atoms with Crippen LogP contribution in [0, 0.1) is 10.1 Å². The number of ether oxygens (including phenoxy) is 4. The summed E-state index contributed by atoms with van der Waals surface area (Å²) in [5.41, 5.74) is -0.951. The SMILES string of the molecule is COCCOCCOCC(C)Nc1cc(Oc2ccc(C(F)(F)F)cc2Cl)ccc1[N+](=O)[O-]. The lowest BCUT2D eigenvalue weighted by Gasteiger charge is -2.17. The zero-order valence-electron chi connectivity index (χ0n) is 18.0. The fourth-order valence-electron chi connectivity index (χ4n) is 2.67. The largest absolute Gasteiger partial charge is 0.456 e. The summed E-state index contributed by atoms with van der Waals surface area (Å²) in [5.74, 6) is 0.138. The lowest BCUT2D eigenvalue weighted by atomic mass is 10.2. The van der Waals surface area contributed by atoms with Crippen LogP contribution in [0.5, 0.6) is 11.5 Å². The van der Waals surface area contributed by atoms with E-state index in [1.54, 1.807) is 14.0 Å². The Morgan fingerprint density at radius 2 is 1.79 bits per heavy atom. The molecule has 2 aromatic carbocycles. The quantitative estimate of drug-likeness (QED) is 0.223. The van der Waals surface area contributed by atoms with Gasteiger partial charge in [-0.2, -0.15) is 13.2 Å². The van der Waals surface area contributed by atoms with E-state index in [-0.39, 0.29) is 40.5 Å². The monoisotopic (exact) mass is 492 g/mol. The Kier molecular flexibility index (Phi) is 10.2. The molecule has 0 aliphatic rings. The molecule has 0 fully saturated rings. The molecule has 2 rings (SSSR count). The standard InChI is InChI=1S/C21H24ClF3N2O6/c1-14(13-32-10-9-31-8-7-30-2)26-18-12-16(4-5-19(18)27(28)29)33-20-6-3-15(11-17(20)22)21(23,24)25/h3-6,11-12,14,26H,7-10,13H2,1-2H3. The van der Waals surface area contributed by atoms with Crippen molar-refractivity contribution in [1.82, 2.24) is 0 Å². The molecule has 0 aromatic heterocycles. The van der Waals surface area contributed by atoms with Gasteiger partial charge in [-0.3, -0.25) is 10.1 Å². The van der Waals surface area contributed by atoms with E-state index in [2.05, 4.69) is 5.32 Å². The molecule has 33 heavy (non-hydrogen) atoms. The summed E-state index contributed by atoms with van der Waals surface area (Å²) in [4.78, 5) is 10.8. The lowest BCUT2D eigenvalue weighted by molar-refractivity contribution is -0.384. The van der Waals surface area contributed by atoms with E-state index in [0.29, 0.717) is 26.4 Å². The maximum Gasteiger partial charge on any atom is 0.416 e. The summed E-state index contributed by atoms with van der Waals surface area (Å²) in [5, 5.41) is 14.1. The molecule has 0 heterocycles. The highest BCUT2D eigenvalue weighted by Gasteiger charge is 2.31. The highest BCUT2D eigenvalue weighted by molar-refractivity contribution is 6.32. The molecule has 2 aromatic rings. The van der Waals surface area contributed by atoms with Crippen molar-refractivity contribution in [3.63, 3.8) is 0 Å². The van der Waals surface area contributed by atoms with Gasteiger partial charge in [-0.1, -0.05) is 11.6 Å². The minimum absolute atomic E-state index is 0.0191. The Hall–Kier alpha value is -2.60. The van der Waals surface area contributed by atoms with Gasteiger partial charge in [-0.25, -0.2) is 0 Å². The van der Waals surface area contributed by atoms with Gasteiger partial charge in [0, 0.05) is 25.3 Å². The molecular formula is C21H24ClF3N2O6. The number of nitrogens with zero attached hydrogens (tertiary/aromatic N) is 1. The number of hydrogen-bond acceptors (Lipinski definition) is 7. The number of nitrogens with one attached hydrogen (secondary N) is 1. The van der Waals surface area contributed by atoms with Crippen molar-refractivity contribution in [2.75, 3.05) is 45.5 Å². The zero-order chi connectivity index (χ0) is 24.4. The summed E-state index contributed by atoms with van der Waals surface area (Å²) < 4.78 is 59.6. The number of anilines is 1. The summed E-state index contributed by atoms with van der Waals surface area (Å²) in [6.45, 7) is 3.69. The Morgan fingerprint density at radius 1 is 1.09 bits per heavy atom. The molecule has 0 amide bonds. The van der Waals surface area contributed by atoms with Gasteiger partial charge in [-0.15, -0.1) is 0 Å². The van der Waals surface area contributed by atoms with E-state index < -0.39 is 16.7 Å². The number of alkyl halides is 3. The molecule has 12 heteroatoms. The van der Waals surface area contributed by atoms with Crippen molar-refractivity contribution in [1.29, 1.82) is 0 Å². The number of nitro benzene ring substituents is 1. The van der Waals surface area contributed by atoms with Crippen LogP contribution in [0.1, 0.15) is 12.5 Å². The first-order chi connectivity index (χ1) is 15.6. The zero-order valence-corrected chi connectivity index (χ0v) is 18.7. The van der Waals surface area contributed by atoms with Crippen LogP contribution < -0.4 is 10.1 Å². The molecule has 0 saturated heterocycles. The maximum absolute atomic E-state index is 12.8. The van der Waals surface area contributed by atoms with Crippen LogP contribution in [-0.4, -0.2) is 51.1 Å². The summed E-state index contributed by atoms with van der Waals surface area (Å²) >= 11 is 5.92. The van der Waals surface area contributed by atoms with Crippen LogP contribution in [0.25, 0.3) is 0 Å². The third-order valence-corrected chi connectivity index (χ3v) is 4.52. The highest BCUT2D eigenvalue weighted by Crippen LogP contribution is 2.38. The number of benzene rings is 2. The van der Waals surface area contributed by atoms with E-state index in [0.717, 1.165) is 18.2 Å². The maximum atomic E-state index is 12.8. The number of nitro groups is 1. The minimum atomic E-state index is -4.54. The second-order valence-corrected chi connectivity index (χ2v) is 7.31. The number of hydrogen-bond donors (Lipinski definition) is 1. The first-order valence-electron chi connectivity index (χ1n) is 9.85. The first-order valence-corrected chi connectivity index (χ1v) is 10.2. The first kappa shape index (κ1) is 26.7. The van der Waals surface area contributed by atoms with E-state index in [9.17, 15) is 23.3 Å². The van der Waals surface area contributed by atoms with Gasteiger partial charge in [-0.05, 0) is 31.2 Å². The minimum Gasteiger partial charge on any atom is -0.456 e. The van der Waals surface area contributed by atoms with Crippen LogP contribution in [0.3, 0.4) is 0 Å². The van der Waals surface area contributed by atoms with Crippen LogP contribution in [-0.2, 0) is 20.4 Å². The van der Waals surface area contributed by atoms with Crippen molar-refractivity contribution in [2.24, 2.45) is 0 Å². The van der Waals surface area contributed by atoms with Gasteiger partial charge in [0.1, 0.15) is 17.2 Å². The van der Waals surface area contributed by atoms with Gasteiger partial charge in [0.15, 0.2) is 0 Å². The second-order valence-electron chi connectivity index (χ2n) is 6.91. The number of methoxy groups -OCH3 is 1. The molecule has 0 aliphatic carbocycles. The normalized spacial score (nSPS) is 12.4. The van der Waals surface area contributed by atoms with Crippen molar-refractivity contribution < 1.29 is 37.0 Å². The van der Waals surface area contributed by atoms with E-state index >= 15 is 0 Å². The molecule has 8 nitrogen and oxygen atoms in total. The highest BCUT2D eigenvalue weighted by atomic mass is 35.5. The van der Waals surface area contributed by atoms with E-state index in [1.807, 2.05) is 0 Å². The fraction of sp³-hybridized carbons (Fsp3) is 0.429. The van der Waals surface area contributed by atoms with Crippen molar-refractivity contribution in [3.8, 4) is 11.5 Å². The van der Waals surface area contributed by atoms with Crippen molar-refractivity contribution >= 4 is 23.0 Å². The van der Waals surface area contributed by atoms with Crippen LogP contribution in [0.15, 0.2) is 36.4 Å². The Bertz CT molecular complexity index is 929. The van der Waals surface area contributed by atoms with Gasteiger partial charge in [0.2, 0.25) is 0 Å². The van der Waals surface area contributed by atoms with E-state index in [4.69, 9.17) is 30.5 Å². The molecule has 0 aliphatic heterocycles. The molecule has 1 atom stereocenters. The molecule has 0 spiro atoms. The Morgan fingerprint density at radius 3 is 2.42 bits per heavy atom. The molecule has 1 N–H and O–H groups in total. The van der Waals surface area contributed by atoms with Crippen LogP contribution in [0.2, 0.25) is 5.02 Å². The molecule has 0 radical (unpaired) electrons. The molecule has 0 bridgehead atoms. The predicted octanol–water partition coefficient (Wildman–Crippen LogP) is 5.54. The molecular weight excluding hydrogens is 469 g/mol.